The molecule has 1 saturated heterocycles. The maximum absolute atomic E-state index is 11.8. The van der Waals surface area contributed by atoms with Crippen molar-refractivity contribution in [1.29, 1.82) is 0 Å². The van der Waals surface area contributed by atoms with E-state index in [-0.39, 0.29) is 18.6 Å². The van der Waals surface area contributed by atoms with Crippen LogP contribution in [-0.2, 0) is 14.3 Å². The average molecular weight is 280 g/mol. The Labute approximate surface area is 117 Å². The normalized spacial score (nSPS) is 41.4. The molecule has 2 N–H and O–H groups in total. The summed E-state index contributed by atoms with van der Waals surface area (Å²) in [5, 5.41) is 19.7. The van der Waals surface area contributed by atoms with Crippen LogP contribution in [0.25, 0.3) is 0 Å². The number of ketones is 1. The lowest BCUT2D eigenvalue weighted by molar-refractivity contribution is -0.151. The lowest BCUT2D eigenvalue weighted by Crippen LogP contribution is -2.60. The number of rotatable bonds is 3. The highest BCUT2D eigenvalue weighted by Crippen LogP contribution is 2.56. The number of ether oxygens (including phenoxy) is 1. The summed E-state index contributed by atoms with van der Waals surface area (Å²) in [4.78, 5) is 22.4. The fraction of sp³-hybridized carbons (Fsp3) is 0.600. The van der Waals surface area contributed by atoms with Crippen LogP contribution in [0.15, 0.2) is 23.8 Å². The number of hydrogen-bond donors (Lipinski definition) is 2. The molecule has 20 heavy (non-hydrogen) atoms. The lowest BCUT2D eigenvalue weighted by Gasteiger charge is -2.47. The predicted molar refractivity (Wildman–Crippen MR) is 72.2 cm³/mol. The van der Waals surface area contributed by atoms with Crippen LogP contribution in [0.4, 0.5) is 0 Å². The standard InChI is InChI=1S/C15H20O5/c1-10(6-12(17)18)4-5-15(19)13(2)7-11(16)8-14(15,3)20-9-13/h4-6,19H,7-9H2,1-3H3,(H,17,18)/b5-4+,10-6-/t13-,14-,15-/m0/s1. The van der Waals surface area contributed by atoms with Crippen molar-refractivity contribution in [3.05, 3.63) is 23.8 Å². The van der Waals surface area contributed by atoms with Gasteiger partial charge in [-0.15, -0.1) is 0 Å². The second-order valence-corrected chi connectivity index (χ2v) is 6.30. The van der Waals surface area contributed by atoms with E-state index in [0.29, 0.717) is 12.2 Å². The van der Waals surface area contributed by atoms with Gasteiger partial charge in [0.05, 0.1) is 6.61 Å². The van der Waals surface area contributed by atoms with Crippen molar-refractivity contribution < 1.29 is 24.5 Å². The van der Waals surface area contributed by atoms with Crippen molar-refractivity contribution >= 4 is 11.8 Å². The van der Waals surface area contributed by atoms with Crippen molar-refractivity contribution in [3.8, 4) is 0 Å². The number of carboxylic acids is 1. The van der Waals surface area contributed by atoms with Crippen LogP contribution >= 0.6 is 0 Å². The summed E-state index contributed by atoms with van der Waals surface area (Å²) in [7, 11) is 0. The van der Waals surface area contributed by atoms with Crippen LogP contribution in [0.3, 0.4) is 0 Å². The summed E-state index contributed by atoms with van der Waals surface area (Å²) in [6, 6.07) is 0. The van der Waals surface area contributed by atoms with E-state index >= 15 is 0 Å². The van der Waals surface area contributed by atoms with Gasteiger partial charge in [-0.05, 0) is 25.5 Å². The minimum Gasteiger partial charge on any atom is -0.478 e. The smallest absolute Gasteiger partial charge is 0.328 e. The molecule has 3 atom stereocenters. The van der Waals surface area contributed by atoms with E-state index < -0.39 is 22.6 Å². The maximum atomic E-state index is 11.8. The zero-order valence-corrected chi connectivity index (χ0v) is 12.0. The summed E-state index contributed by atoms with van der Waals surface area (Å²) in [5.41, 5.74) is -2.37. The Balaban J connectivity index is 2.36. The van der Waals surface area contributed by atoms with E-state index in [4.69, 9.17) is 9.84 Å². The van der Waals surface area contributed by atoms with E-state index in [9.17, 15) is 14.7 Å². The zero-order valence-electron chi connectivity index (χ0n) is 12.0. The lowest BCUT2D eigenvalue weighted by atomic mass is 9.59. The van der Waals surface area contributed by atoms with Gasteiger partial charge in [0.25, 0.3) is 0 Å². The zero-order chi connectivity index (χ0) is 15.2. The number of aliphatic carboxylic acids is 1. The molecule has 110 valence electrons. The topological polar surface area (TPSA) is 83.8 Å². The Hall–Kier alpha value is -1.46. The number of allylic oxidation sites excluding steroid dienone is 2. The Morgan fingerprint density at radius 3 is 2.55 bits per heavy atom. The molecule has 2 bridgehead atoms. The molecule has 5 nitrogen and oxygen atoms in total. The molecule has 0 spiro atoms. The predicted octanol–water partition coefficient (Wildman–Crippen LogP) is 1.46. The van der Waals surface area contributed by atoms with Gasteiger partial charge >= 0.3 is 5.97 Å². The number of carboxylic acid groups (broad SMARTS) is 1. The molecule has 5 heteroatoms. The van der Waals surface area contributed by atoms with Gasteiger partial charge in [0.15, 0.2) is 0 Å². The largest absolute Gasteiger partial charge is 0.478 e. The molecule has 2 rings (SSSR count). The number of fused-ring (bicyclic) bond motifs is 2. The van der Waals surface area contributed by atoms with Gasteiger partial charge in [0, 0.05) is 24.3 Å². The van der Waals surface area contributed by atoms with Gasteiger partial charge in [-0.25, -0.2) is 4.79 Å². The van der Waals surface area contributed by atoms with E-state index in [1.165, 1.54) is 0 Å². The van der Waals surface area contributed by atoms with Gasteiger partial charge < -0.3 is 14.9 Å². The minimum atomic E-state index is -1.28. The van der Waals surface area contributed by atoms with Crippen LogP contribution in [0.1, 0.15) is 33.6 Å². The summed E-state index contributed by atoms with van der Waals surface area (Å²) in [6.07, 6.45) is 4.67. The molecule has 2 fully saturated rings. The summed E-state index contributed by atoms with van der Waals surface area (Å²) in [5.74, 6) is -0.946. The average Bonchev–Trinajstić information content (AvgIpc) is 2.43. The van der Waals surface area contributed by atoms with Crippen molar-refractivity contribution in [3.63, 3.8) is 0 Å². The van der Waals surface area contributed by atoms with Crippen molar-refractivity contribution in [2.24, 2.45) is 5.41 Å². The second-order valence-electron chi connectivity index (χ2n) is 6.30. The maximum Gasteiger partial charge on any atom is 0.328 e. The molecule has 1 saturated carbocycles. The monoisotopic (exact) mass is 280 g/mol. The third-order valence-electron chi connectivity index (χ3n) is 4.50. The highest BCUT2D eigenvalue weighted by atomic mass is 16.5. The molecular weight excluding hydrogens is 260 g/mol. The van der Waals surface area contributed by atoms with Crippen molar-refractivity contribution in [2.75, 3.05) is 6.61 Å². The van der Waals surface area contributed by atoms with Crippen LogP contribution in [-0.4, -0.2) is 39.8 Å². The minimum absolute atomic E-state index is 0.0865. The fourth-order valence-electron chi connectivity index (χ4n) is 3.29. The third-order valence-corrected chi connectivity index (χ3v) is 4.50. The van der Waals surface area contributed by atoms with Gasteiger partial charge in [-0.2, -0.15) is 0 Å². The van der Waals surface area contributed by atoms with E-state index in [0.717, 1.165) is 6.08 Å². The number of carbonyl (C=O) groups is 2. The molecule has 0 aromatic rings. The van der Waals surface area contributed by atoms with E-state index in [1.807, 2.05) is 6.92 Å². The van der Waals surface area contributed by atoms with E-state index in [1.54, 1.807) is 26.0 Å². The van der Waals surface area contributed by atoms with Gasteiger partial charge in [0.1, 0.15) is 17.0 Å². The van der Waals surface area contributed by atoms with Gasteiger partial charge in [-0.3, -0.25) is 4.79 Å². The molecule has 1 aliphatic heterocycles. The Morgan fingerprint density at radius 2 is 2.00 bits per heavy atom. The second kappa shape index (κ2) is 4.53. The van der Waals surface area contributed by atoms with Crippen molar-refractivity contribution in [1.82, 2.24) is 0 Å². The Morgan fingerprint density at radius 1 is 1.35 bits per heavy atom. The van der Waals surface area contributed by atoms with Gasteiger partial charge in [-0.1, -0.05) is 13.0 Å². The SMILES string of the molecule is CC(=C/C(=O)O)/C=C/[C@]1(O)[C@]2(C)CO[C@@]1(C)CC(=O)C2. The molecule has 1 aliphatic carbocycles. The molecule has 0 radical (unpaired) electrons. The molecule has 0 aromatic carbocycles. The summed E-state index contributed by atoms with van der Waals surface area (Å²) < 4.78 is 5.71. The Kier molecular flexibility index (Phi) is 3.38. The first kappa shape index (κ1) is 14.9. The van der Waals surface area contributed by atoms with Crippen LogP contribution < -0.4 is 0 Å². The number of carbonyl (C=O) groups excluding carboxylic acids is 1. The van der Waals surface area contributed by atoms with Crippen LogP contribution in [0.5, 0.6) is 0 Å². The highest BCUT2D eigenvalue weighted by Gasteiger charge is 2.67. The summed E-state index contributed by atoms with van der Waals surface area (Å²) in [6.45, 7) is 5.53. The van der Waals surface area contributed by atoms with Crippen molar-refractivity contribution in [2.45, 2.75) is 44.8 Å². The third kappa shape index (κ3) is 2.11. The first-order chi connectivity index (χ1) is 9.12. The molecule has 0 amide bonds. The molecule has 1 heterocycles. The quantitative estimate of drug-likeness (QED) is 0.604. The molecule has 0 unspecified atom stereocenters. The Bertz CT molecular complexity index is 496. The van der Waals surface area contributed by atoms with Gasteiger partial charge in [0.2, 0.25) is 0 Å². The first-order valence-electron chi connectivity index (χ1n) is 6.60. The first-order valence-corrected chi connectivity index (χ1v) is 6.60. The fourth-order valence-corrected chi connectivity index (χ4v) is 3.29. The number of aliphatic hydroxyl groups is 1. The number of Topliss-reactive ketones (excluding diaryl/α,β-unsaturated/α-hetero) is 1. The molecular formula is C15H20O5. The number of hydrogen-bond acceptors (Lipinski definition) is 4. The highest BCUT2D eigenvalue weighted by molar-refractivity contribution is 5.83. The van der Waals surface area contributed by atoms with E-state index in [2.05, 4.69) is 0 Å². The summed E-state index contributed by atoms with van der Waals surface area (Å²) >= 11 is 0. The molecule has 2 aliphatic rings. The van der Waals surface area contributed by atoms with Crippen LogP contribution in [0.2, 0.25) is 0 Å². The molecule has 0 aromatic heterocycles. The van der Waals surface area contributed by atoms with Crippen LogP contribution in [0, 0.1) is 5.41 Å².